The lowest BCUT2D eigenvalue weighted by atomic mass is 10.0. The molecule has 3 heterocycles. The SMILES string of the molecule is COc1ccc([C@@H]2CC(c3cccs3)=NN2C(=O)CN2CCOCC2)cc1O. The minimum Gasteiger partial charge on any atom is -0.504 e. The Morgan fingerprint density at radius 1 is 1.36 bits per heavy atom. The first-order chi connectivity index (χ1) is 13.7. The van der Waals surface area contributed by atoms with Crippen molar-refractivity contribution in [2.75, 3.05) is 40.0 Å². The van der Waals surface area contributed by atoms with Gasteiger partial charge in [-0.05, 0) is 29.1 Å². The number of methoxy groups -OCH3 is 1. The van der Waals surface area contributed by atoms with Crippen LogP contribution in [0.25, 0.3) is 0 Å². The van der Waals surface area contributed by atoms with Crippen LogP contribution in [0.2, 0.25) is 0 Å². The maximum absolute atomic E-state index is 13.1. The maximum Gasteiger partial charge on any atom is 0.257 e. The van der Waals surface area contributed by atoms with Crippen molar-refractivity contribution in [2.45, 2.75) is 12.5 Å². The van der Waals surface area contributed by atoms with E-state index in [1.807, 2.05) is 23.6 Å². The smallest absolute Gasteiger partial charge is 0.257 e. The van der Waals surface area contributed by atoms with E-state index >= 15 is 0 Å². The Morgan fingerprint density at radius 2 is 2.18 bits per heavy atom. The molecule has 1 aromatic carbocycles. The Morgan fingerprint density at radius 3 is 2.86 bits per heavy atom. The fourth-order valence-corrected chi connectivity index (χ4v) is 4.25. The molecule has 1 saturated heterocycles. The number of amides is 1. The number of aromatic hydroxyl groups is 1. The van der Waals surface area contributed by atoms with Gasteiger partial charge in [0.25, 0.3) is 5.91 Å². The van der Waals surface area contributed by atoms with Gasteiger partial charge in [-0.2, -0.15) is 5.10 Å². The second-order valence-corrected chi connectivity index (χ2v) is 7.75. The van der Waals surface area contributed by atoms with Gasteiger partial charge in [0.15, 0.2) is 11.5 Å². The molecule has 4 rings (SSSR count). The number of hydrogen-bond donors (Lipinski definition) is 1. The lowest BCUT2D eigenvalue weighted by Crippen LogP contribution is -2.43. The number of rotatable bonds is 5. The van der Waals surface area contributed by atoms with E-state index in [0.29, 0.717) is 31.9 Å². The van der Waals surface area contributed by atoms with Crippen LogP contribution in [0.4, 0.5) is 0 Å². The van der Waals surface area contributed by atoms with Crippen LogP contribution in [0.1, 0.15) is 22.9 Å². The Bertz CT molecular complexity index is 862. The molecule has 1 N–H and O–H groups in total. The summed E-state index contributed by atoms with van der Waals surface area (Å²) in [6.07, 6.45) is 0.612. The average molecular weight is 401 g/mol. The van der Waals surface area contributed by atoms with E-state index in [1.54, 1.807) is 28.5 Å². The van der Waals surface area contributed by atoms with Gasteiger partial charge < -0.3 is 14.6 Å². The summed E-state index contributed by atoms with van der Waals surface area (Å²) in [5, 5.41) is 18.4. The summed E-state index contributed by atoms with van der Waals surface area (Å²) in [6.45, 7) is 3.09. The predicted octanol–water partition coefficient (Wildman–Crippen LogP) is 2.47. The number of ether oxygens (including phenoxy) is 2. The molecular weight excluding hydrogens is 378 g/mol. The lowest BCUT2D eigenvalue weighted by molar-refractivity contribution is -0.135. The highest BCUT2D eigenvalue weighted by atomic mass is 32.1. The molecule has 148 valence electrons. The monoisotopic (exact) mass is 401 g/mol. The van der Waals surface area contributed by atoms with Crippen molar-refractivity contribution in [3.8, 4) is 11.5 Å². The molecule has 1 atom stereocenters. The summed E-state index contributed by atoms with van der Waals surface area (Å²) >= 11 is 1.61. The van der Waals surface area contributed by atoms with Crippen molar-refractivity contribution in [1.29, 1.82) is 0 Å². The van der Waals surface area contributed by atoms with E-state index in [9.17, 15) is 9.90 Å². The molecule has 1 amide bonds. The molecular formula is C20H23N3O4S. The topological polar surface area (TPSA) is 74.6 Å². The molecule has 0 radical (unpaired) electrons. The van der Waals surface area contributed by atoms with Crippen molar-refractivity contribution >= 4 is 23.0 Å². The number of thiophene rings is 1. The molecule has 0 aliphatic carbocycles. The standard InChI is InChI=1S/C20H23N3O4S/c1-26-18-5-4-14(11-17(18)24)16-12-15(19-3-2-10-28-19)21-23(16)20(25)13-22-6-8-27-9-7-22/h2-5,10-11,16,24H,6-9,12-13H2,1H3/t16-/m0/s1. The van der Waals surface area contributed by atoms with Gasteiger partial charge in [-0.1, -0.05) is 12.1 Å². The number of morpholine rings is 1. The highest BCUT2D eigenvalue weighted by Gasteiger charge is 2.34. The normalized spacial score (nSPS) is 20.2. The Labute approximate surface area is 167 Å². The number of phenolic OH excluding ortho intramolecular Hbond substituents is 1. The number of phenols is 1. The zero-order chi connectivity index (χ0) is 19.5. The Hall–Kier alpha value is -2.42. The van der Waals surface area contributed by atoms with Crippen LogP contribution in [0.5, 0.6) is 11.5 Å². The van der Waals surface area contributed by atoms with Crippen LogP contribution in [-0.4, -0.2) is 66.6 Å². The van der Waals surface area contributed by atoms with Crippen LogP contribution in [-0.2, 0) is 9.53 Å². The third-order valence-corrected chi connectivity index (χ3v) is 5.94. The van der Waals surface area contributed by atoms with E-state index in [1.165, 1.54) is 7.11 Å². The number of benzene rings is 1. The minimum atomic E-state index is -0.248. The van der Waals surface area contributed by atoms with Gasteiger partial charge in [-0.25, -0.2) is 5.01 Å². The van der Waals surface area contributed by atoms with Crippen molar-refractivity contribution in [3.05, 3.63) is 46.2 Å². The summed E-state index contributed by atoms with van der Waals surface area (Å²) < 4.78 is 10.5. The zero-order valence-corrected chi connectivity index (χ0v) is 16.5. The van der Waals surface area contributed by atoms with Gasteiger partial charge >= 0.3 is 0 Å². The Kier molecular flexibility index (Phi) is 5.61. The van der Waals surface area contributed by atoms with Crippen molar-refractivity contribution in [3.63, 3.8) is 0 Å². The molecule has 2 aliphatic heterocycles. The van der Waals surface area contributed by atoms with Crippen molar-refractivity contribution < 1.29 is 19.4 Å². The second-order valence-electron chi connectivity index (χ2n) is 6.80. The molecule has 1 aromatic heterocycles. The molecule has 1 fully saturated rings. The predicted molar refractivity (Wildman–Crippen MR) is 107 cm³/mol. The highest BCUT2D eigenvalue weighted by Crippen LogP contribution is 2.37. The largest absolute Gasteiger partial charge is 0.504 e. The first-order valence-corrected chi connectivity index (χ1v) is 10.1. The van der Waals surface area contributed by atoms with E-state index in [2.05, 4.69) is 10.0 Å². The number of carbonyl (C=O) groups excluding carboxylic acids is 1. The second kappa shape index (κ2) is 8.30. The maximum atomic E-state index is 13.1. The van der Waals surface area contributed by atoms with E-state index in [-0.39, 0.29) is 17.7 Å². The van der Waals surface area contributed by atoms with Gasteiger partial charge in [0.1, 0.15) is 0 Å². The van der Waals surface area contributed by atoms with Gasteiger partial charge in [0.2, 0.25) is 0 Å². The van der Waals surface area contributed by atoms with E-state index in [4.69, 9.17) is 9.47 Å². The fourth-order valence-electron chi connectivity index (χ4n) is 3.53. The summed E-state index contributed by atoms with van der Waals surface area (Å²) in [6, 6.07) is 9.01. The number of hydrazone groups is 1. The van der Waals surface area contributed by atoms with Crippen molar-refractivity contribution in [1.82, 2.24) is 9.91 Å². The van der Waals surface area contributed by atoms with Crippen molar-refractivity contribution in [2.24, 2.45) is 5.10 Å². The lowest BCUT2D eigenvalue weighted by Gasteiger charge is -2.29. The van der Waals surface area contributed by atoms with Gasteiger partial charge in [-0.15, -0.1) is 11.3 Å². The molecule has 0 saturated carbocycles. The van der Waals surface area contributed by atoms with Gasteiger partial charge in [0, 0.05) is 19.5 Å². The quantitative estimate of drug-likeness (QED) is 0.833. The minimum absolute atomic E-state index is 0.0474. The zero-order valence-electron chi connectivity index (χ0n) is 15.7. The summed E-state index contributed by atoms with van der Waals surface area (Å²) in [5.41, 5.74) is 1.73. The van der Waals surface area contributed by atoms with E-state index < -0.39 is 0 Å². The number of hydrogen-bond acceptors (Lipinski definition) is 7. The highest BCUT2D eigenvalue weighted by molar-refractivity contribution is 7.12. The molecule has 28 heavy (non-hydrogen) atoms. The van der Waals surface area contributed by atoms with Crippen LogP contribution < -0.4 is 4.74 Å². The van der Waals surface area contributed by atoms with Crippen LogP contribution in [0, 0.1) is 0 Å². The van der Waals surface area contributed by atoms with Crippen LogP contribution >= 0.6 is 11.3 Å². The number of carbonyl (C=O) groups is 1. The summed E-state index contributed by atoms with van der Waals surface area (Å²) in [7, 11) is 1.51. The molecule has 2 aliphatic rings. The number of nitrogens with zero attached hydrogens (tertiary/aromatic N) is 3. The summed E-state index contributed by atoms with van der Waals surface area (Å²) in [4.78, 5) is 16.2. The Balaban J connectivity index is 1.60. The first kappa shape index (κ1) is 18.9. The third kappa shape index (κ3) is 3.89. The van der Waals surface area contributed by atoms with Crippen LogP contribution in [0.3, 0.4) is 0 Å². The molecule has 0 unspecified atom stereocenters. The summed E-state index contributed by atoms with van der Waals surface area (Å²) in [5.74, 6) is 0.422. The molecule has 7 nitrogen and oxygen atoms in total. The van der Waals surface area contributed by atoms with Gasteiger partial charge in [0.05, 0.1) is 43.5 Å². The average Bonchev–Trinajstić information content (AvgIpc) is 3.38. The van der Waals surface area contributed by atoms with Gasteiger partial charge in [-0.3, -0.25) is 9.69 Å². The fraction of sp³-hybridized carbons (Fsp3) is 0.400. The van der Waals surface area contributed by atoms with Crippen LogP contribution in [0.15, 0.2) is 40.8 Å². The third-order valence-electron chi connectivity index (χ3n) is 5.02. The molecule has 2 aromatic rings. The van der Waals surface area contributed by atoms with E-state index in [0.717, 1.165) is 29.2 Å². The molecule has 0 bridgehead atoms. The first-order valence-electron chi connectivity index (χ1n) is 9.26. The molecule has 0 spiro atoms. The molecule has 8 heteroatoms.